The Hall–Kier alpha value is -5.62. The Labute approximate surface area is 275 Å². The average molecular weight is 623 g/mol. The summed E-state index contributed by atoms with van der Waals surface area (Å²) in [6.45, 7) is 0. The van der Waals surface area contributed by atoms with Gasteiger partial charge in [-0.15, -0.1) is 0 Å². The van der Waals surface area contributed by atoms with Gasteiger partial charge in [-0.2, -0.15) is 0 Å². The van der Waals surface area contributed by atoms with E-state index in [0.717, 1.165) is 48.1 Å². The van der Waals surface area contributed by atoms with Gasteiger partial charge in [0.1, 0.15) is 0 Å². The van der Waals surface area contributed by atoms with Crippen LogP contribution in [-0.4, -0.2) is 23.4 Å². The Morgan fingerprint density at radius 1 is 0.383 bits per heavy atom. The second-order valence-electron chi connectivity index (χ2n) is 11.5. The summed E-state index contributed by atoms with van der Waals surface area (Å²) in [6, 6.07) is 40.6. The van der Waals surface area contributed by atoms with E-state index in [1.165, 1.54) is 0 Å². The fraction of sp³-hybridized carbons (Fsp3) is 0.171. The van der Waals surface area contributed by atoms with Crippen LogP contribution in [0.1, 0.15) is 84.7 Å². The molecule has 0 aromatic heterocycles. The summed E-state index contributed by atoms with van der Waals surface area (Å²) in [4.78, 5) is 50.2. The van der Waals surface area contributed by atoms with Crippen LogP contribution in [0.3, 0.4) is 0 Å². The number of hydrogen-bond donors (Lipinski definition) is 2. The number of benzene rings is 5. The van der Waals surface area contributed by atoms with Gasteiger partial charge < -0.3 is 10.6 Å². The highest BCUT2D eigenvalue weighted by molar-refractivity contribution is 6.05. The van der Waals surface area contributed by atoms with Crippen LogP contribution in [0.15, 0.2) is 133 Å². The summed E-state index contributed by atoms with van der Waals surface area (Å²) < 4.78 is 0. The van der Waals surface area contributed by atoms with E-state index < -0.39 is 0 Å². The number of ketones is 2. The summed E-state index contributed by atoms with van der Waals surface area (Å²) in [6.07, 6.45) is 4.98. The van der Waals surface area contributed by atoms with Crippen molar-refractivity contribution in [1.82, 2.24) is 0 Å². The van der Waals surface area contributed by atoms with Crippen LogP contribution in [0.5, 0.6) is 0 Å². The Balaban J connectivity index is 1.01. The van der Waals surface area contributed by atoms with Gasteiger partial charge >= 0.3 is 0 Å². The van der Waals surface area contributed by atoms with Crippen molar-refractivity contribution in [2.75, 3.05) is 10.6 Å². The van der Waals surface area contributed by atoms with Crippen molar-refractivity contribution in [3.8, 4) is 0 Å². The zero-order valence-corrected chi connectivity index (χ0v) is 26.3. The Bertz CT molecular complexity index is 1780. The number of carbonyl (C=O) groups is 4. The van der Waals surface area contributed by atoms with E-state index >= 15 is 0 Å². The third-order valence-corrected chi connectivity index (χ3v) is 8.01. The van der Waals surface area contributed by atoms with Gasteiger partial charge in [0.2, 0.25) is 0 Å². The molecule has 6 heteroatoms. The maximum atomic E-state index is 12.8. The lowest BCUT2D eigenvalue weighted by Crippen LogP contribution is -2.12. The summed E-state index contributed by atoms with van der Waals surface area (Å²) in [5, 5.41) is 5.81. The Kier molecular flexibility index (Phi) is 11.6. The second-order valence-corrected chi connectivity index (χ2v) is 11.5. The van der Waals surface area contributed by atoms with Gasteiger partial charge in [-0.1, -0.05) is 84.9 Å². The molecule has 0 heterocycles. The van der Waals surface area contributed by atoms with E-state index in [1.54, 1.807) is 36.4 Å². The molecule has 0 aliphatic rings. The molecule has 5 aromatic carbocycles. The van der Waals surface area contributed by atoms with Gasteiger partial charge in [-0.3, -0.25) is 19.2 Å². The van der Waals surface area contributed by atoms with E-state index in [2.05, 4.69) is 10.6 Å². The topological polar surface area (TPSA) is 92.3 Å². The monoisotopic (exact) mass is 622 g/mol. The molecule has 5 rings (SSSR count). The number of unbranched alkanes of at least 4 members (excludes halogenated alkanes) is 1. The van der Waals surface area contributed by atoms with Crippen LogP contribution < -0.4 is 10.6 Å². The summed E-state index contributed by atoms with van der Waals surface area (Å²) in [5.41, 5.74) is 6.09. The fourth-order valence-electron chi connectivity index (χ4n) is 5.29. The Morgan fingerprint density at radius 2 is 0.766 bits per heavy atom. The third kappa shape index (κ3) is 9.93. The summed E-state index contributed by atoms with van der Waals surface area (Å²) in [5.74, 6) is -0.185. The van der Waals surface area contributed by atoms with Crippen molar-refractivity contribution in [1.29, 1.82) is 0 Å². The molecular weight excluding hydrogens is 584 g/mol. The van der Waals surface area contributed by atoms with Crippen LogP contribution in [-0.2, 0) is 12.8 Å². The minimum atomic E-state index is -0.237. The van der Waals surface area contributed by atoms with Crippen molar-refractivity contribution in [2.45, 2.75) is 44.9 Å². The second kappa shape index (κ2) is 16.6. The van der Waals surface area contributed by atoms with E-state index in [0.29, 0.717) is 41.6 Å². The average Bonchev–Trinajstić information content (AvgIpc) is 3.12. The lowest BCUT2D eigenvalue weighted by molar-refractivity contribution is 0.0971. The van der Waals surface area contributed by atoms with Crippen LogP contribution in [0.4, 0.5) is 11.4 Å². The zero-order valence-electron chi connectivity index (χ0n) is 26.3. The molecule has 0 spiro atoms. The van der Waals surface area contributed by atoms with Gasteiger partial charge in [0.25, 0.3) is 11.8 Å². The number of Topliss-reactive ketones (excluding diaryl/α,β-unsaturated/α-hetero) is 2. The highest BCUT2D eigenvalue weighted by Crippen LogP contribution is 2.17. The number of hydrogen-bond acceptors (Lipinski definition) is 4. The first-order chi connectivity index (χ1) is 22.9. The molecule has 2 amide bonds. The molecule has 47 heavy (non-hydrogen) atoms. The molecule has 0 atom stereocenters. The lowest BCUT2D eigenvalue weighted by Gasteiger charge is -2.08. The highest BCUT2D eigenvalue weighted by Gasteiger charge is 2.11. The van der Waals surface area contributed by atoms with Gasteiger partial charge in [-0.05, 0) is 91.8 Å². The van der Waals surface area contributed by atoms with Crippen LogP contribution in [0.25, 0.3) is 0 Å². The molecule has 0 saturated heterocycles. The molecule has 5 aromatic rings. The first-order valence-electron chi connectivity index (χ1n) is 16.0. The van der Waals surface area contributed by atoms with Crippen molar-refractivity contribution >= 4 is 34.8 Å². The minimum absolute atomic E-state index is 0.0312. The maximum absolute atomic E-state index is 12.8. The van der Waals surface area contributed by atoms with Crippen molar-refractivity contribution < 1.29 is 19.2 Å². The smallest absolute Gasteiger partial charge is 0.255 e. The molecule has 236 valence electrons. The quantitative estimate of drug-likeness (QED) is 0.0900. The molecule has 2 N–H and O–H groups in total. The van der Waals surface area contributed by atoms with Crippen molar-refractivity contribution in [2.24, 2.45) is 0 Å². The SMILES string of the molecule is O=C(CCCCc1ccc(NC(=O)c2ccc(C(=O)CCCc3ccc(NC(=O)c4ccccc4)cc3)cc2)cc1)c1ccccc1. The van der Waals surface area contributed by atoms with E-state index in [4.69, 9.17) is 0 Å². The maximum Gasteiger partial charge on any atom is 0.255 e. The summed E-state index contributed by atoms with van der Waals surface area (Å²) >= 11 is 0. The fourth-order valence-corrected chi connectivity index (χ4v) is 5.29. The van der Waals surface area contributed by atoms with E-state index in [-0.39, 0.29) is 23.4 Å². The van der Waals surface area contributed by atoms with Gasteiger partial charge in [0.05, 0.1) is 0 Å². The predicted molar refractivity (Wildman–Crippen MR) is 187 cm³/mol. The third-order valence-electron chi connectivity index (χ3n) is 8.01. The predicted octanol–water partition coefficient (Wildman–Crippen LogP) is 8.99. The number of anilines is 2. The first-order valence-corrected chi connectivity index (χ1v) is 16.0. The largest absolute Gasteiger partial charge is 0.322 e. The number of carbonyl (C=O) groups excluding carboxylic acids is 4. The number of amides is 2. The Morgan fingerprint density at radius 3 is 1.28 bits per heavy atom. The molecule has 0 aliphatic heterocycles. The van der Waals surface area contributed by atoms with Crippen LogP contribution in [0, 0.1) is 0 Å². The summed E-state index contributed by atoms with van der Waals surface area (Å²) in [7, 11) is 0. The number of nitrogens with one attached hydrogen (secondary N) is 2. The van der Waals surface area contributed by atoms with Gasteiger partial charge in [0, 0.05) is 46.5 Å². The molecule has 0 bridgehead atoms. The van der Waals surface area contributed by atoms with E-state index in [1.807, 2.05) is 97.1 Å². The molecule has 0 aliphatic carbocycles. The van der Waals surface area contributed by atoms with Crippen molar-refractivity contribution in [3.05, 3.63) is 167 Å². The number of aryl methyl sites for hydroxylation is 2. The van der Waals surface area contributed by atoms with E-state index in [9.17, 15) is 19.2 Å². The normalized spacial score (nSPS) is 10.6. The standard InChI is InChI=1S/C41H38N2O4/c44-38(32-12-3-1-4-13-32)16-8-7-10-30-18-26-37(27-19-30)43-41(47)35-24-22-33(23-25-35)39(45)17-9-11-31-20-28-36(29-21-31)42-40(46)34-14-5-2-6-15-34/h1-6,12-15,18-29H,7-11,16-17H2,(H,42,46)(H,43,47). The molecular formula is C41H38N2O4. The van der Waals surface area contributed by atoms with Crippen LogP contribution in [0.2, 0.25) is 0 Å². The minimum Gasteiger partial charge on any atom is -0.322 e. The van der Waals surface area contributed by atoms with Crippen LogP contribution >= 0.6 is 0 Å². The van der Waals surface area contributed by atoms with Gasteiger partial charge in [-0.25, -0.2) is 0 Å². The van der Waals surface area contributed by atoms with Crippen molar-refractivity contribution in [3.63, 3.8) is 0 Å². The molecule has 0 saturated carbocycles. The molecule has 0 radical (unpaired) electrons. The molecule has 6 nitrogen and oxygen atoms in total. The highest BCUT2D eigenvalue weighted by atomic mass is 16.2. The first kappa shape index (κ1) is 32.8. The lowest BCUT2D eigenvalue weighted by atomic mass is 10.0. The molecule has 0 unspecified atom stereocenters. The molecule has 0 fully saturated rings. The number of rotatable bonds is 15. The zero-order chi connectivity index (χ0) is 32.8. The van der Waals surface area contributed by atoms with Gasteiger partial charge in [0.15, 0.2) is 11.6 Å².